The molecular weight excluding hydrogens is 300 g/mol. The number of hydrogen-bond donors (Lipinski definition) is 1. The molecular formula is C21H28O3. The van der Waals surface area contributed by atoms with Crippen LogP contribution in [-0.2, 0) is 17.6 Å². The Labute approximate surface area is 144 Å². The number of aryl methyl sites for hydroxylation is 1. The van der Waals surface area contributed by atoms with Gasteiger partial charge in [0.25, 0.3) is 0 Å². The molecule has 130 valence electrons. The number of hydrogen-bond acceptors (Lipinski definition) is 2. The molecule has 1 aromatic carbocycles. The second-order valence-corrected chi connectivity index (χ2v) is 7.88. The molecule has 0 aromatic heterocycles. The third kappa shape index (κ3) is 3.09. The third-order valence-corrected chi connectivity index (χ3v) is 5.51. The van der Waals surface area contributed by atoms with Crippen LogP contribution in [0.3, 0.4) is 0 Å². The van der Waals surface area contributed by atoms with Crippen LogP contribution >= 0.6 is 0 Å². The highest BCUT2D eigenvalue weighted by Gasteiger charge is 2.45. The molecule has 2 unspecified atom stereocenters. The zero-order chi connectivity index (χ0) is 17.5. The lowest BCUT2D eigenvalue weighted by molar-refractivity contribution is -0.136. The molecule has 2 aliphatic rings. The van der Waals surface area contributed by atoms with Gasteiger partial charge in [-0.25, -0.2) is 0 Å². The first kappa shape index (κ1) is 17.1. The monoisotopic (exact) mass is 328 g/mol. The highest BCUT2D eigenvalue weighted by atomic mass is 16.5. The van der Waals surface area contributed by atoms with Gasteiger partial charge in [-0.1, -0.05) is 31.1 Å². The molecule has 1 heterocycles. The van der Waals surface area contributed by atoms with Gasteiger partial charge in [0.05, 0.1) is 6.42 Å². The number of ether oxygens (including phenoxy) is 1. The second-order valence-electron chi connectivity index (χ2n) is 7.88. The fourth-order valence-corrected chi connectivity index (χ4v) is 4.44. The van der Waals surface area contributed by atoms with Crippen molar-refractivity contribution in [1.82, 2.24) is 0 Å². The minimum absolute atomic E-state index is 0.0692. The summed E-state index contributed by atoms with van der Waals surface area (Å²) in [5.41, 5.74) is 4.40. The molecule has 1 aliphatic carbocycles. The van der Waals surface area contributed by atoms with E-state index in [1.807, 2.05) is 0 Å². The van der Waals surface area contributed by atoms with E-state index in [1.54, 1.807) is 0 Å². The number of carboxylic acids is 1. The van der Waals surface area contributed by atoms with E-state index in [-0.39, 0.29) is 17.9 Å². The maximum atomic E-state index is 11.4. The molecule has 3 heteroatoms. The summed E-state index contributed by atoms with van der Waals surface area (Å²) in [6.07, 6.45) is 6.61. The molecule has 0 saturated carbocycles. The van der Waals surface area contributed by atoms with Crippen molar-refractivity contribution >= 4 is 5.97 Å². The van der Waals surface area contributed by atoms with E-state index >= 15 is 0 Å². The number of fused-ring (bicyclic) bond motifs is 3. The Hall–Kier alpha value is -1.77. The Morgan fingerprint density at radius 1 is 1.38 bits per heavy atom. The summed E-state index contributed by atoms with van der Waals surface area (Å²) in [4.78, 5) is 11.4. The maximum absolute atomic E-state index is 11.4. The molecule has 2 atom stereocenters. The van der Waals surface area contributed by atoms with E-state index in [0.29, 0.717) is 5.92 Å². The van der Waals surface area contributed by atoms with Crippen LogP contribution in [0.5, 0.6) is 5.75 Å². The molecule has 3 rings (SSSR count). The summed E-state index contributed by atoms with van der Waals surface area (Å²) in [6.45, 7) is 8.67. The van der Waals surface area contributed by atoms with Crippen molar-refractivity contribution in [3.8, 4) is 5.75 Å². The molecule has 1 N–H and O–H groups in total. The Bertz CT molecular complexity index is 685. The molecule has 0 saturated heterocycles. The molecule has 24 heavy (non-hydrogen) atoms. The highest BCUT2D eigenvalue weighted by molar-refractivity contribution is 5.72. The van der Waals surface area contributed by atoms with Gasteiger partial charge in [-0.05, 0) is 57.2 Å². The highest BCUT2D eigenvalue weighted by Crippen LogP contribution is 2.52. The van der Waals surface area contributed by atoms with Crippen LogP contribution in [0, 0.1) is 5.92 Å². The van der Waals surface area contributed by atoms with Gasteiger partial charge in [-0.3, -0.25) is 4.79 Å². The topological polar surface area (TPSA) is 46.5 Å². The number of carbonyl (C=O) groups is 1. The standard InChI is InChI=1S/C21H28O3/c1-5-6-14-10-15(12-19(22)23)20-16-9-13(2)7-8-17(16)21(3,4)24-18(20)11-14/h9-11,16-17H,5-8,12H2,1-4H3,(H,22,23). The molecule has 0 bridgehead atoms. The van der Waals surface area contributed by atoms with Crippen LogP contribution in [0.2, 0.25) is 0 Å². The number of rotatable bonds is 4. The number of allylic oxidation sites excluding steroid dienone is 2. The predicted molar refractivity (Wildman–Crippen MR) is 95.7 cm³/mol. The summed E-state index contributed by atoms with van der Waals surface area (Å²) in [6, 6.07) is 4.23. The van der Waals surface area contributed by atoms with Crippen molar-refractivity contribution in [3.05, 3.63) is 40.5 Å². The minimum atomic E-state index is -0.774. The van der Waals surface area contributed by atoms with Crippen molar-refractivity contribution < 1.29 is 14.6 Å². The number of benzene rings is 1. The molecule has 1 aliphatic heterocycles. The van der Waals surface area contributed by atoms with Gasteiger partial charge in [0.15, 0.2) is 0 Å². The first-order valence-electron chi connectivity index (χ1n) is 9.05. The Kier molecular flexibility index (Phi) is 4.46. The minimum Gasteiger partial charge on any atom is -0.487 e. The van der Waals surface area contributed by atoms with Gasteiger partial charge in [0.1, 0.15) is 11.4 Å². The zero-order valence-electron chi connectivity index (χ0n) is 15.2. The SMILES string of the molecule is CCCc1cc(CC(=O)O)c2c(c1)OC(C)(C)C1CCC(C)=CC21. The van der Waals surface area contributed by atoms with Crippen molar-refractivity contribution in [1.29, 1.82) is 0 Å². The van der Waals surface area contributed by atoms with Crippen molar-refractivity contribution in [2.24, 2.45) is 5.92 Å². The third-order valence-electron chi connectivity index (χ3n) is 5.51. The van der Waals surface area contributed by atoms with E-state index < -0.39 is 5.97 Å². The van der Waals surface area contributed by atoms with Crippen LogP contribution in [0.25, 0.3) is 0 Å². The molecule has 3 nitrogen and oxygen atoms in total. The van der Waals surface area contributed by atoms with Gasteiger partial charge in [-0.2, -0.15) is 0 Å². The lowest BCUT2D eigenvalue weighted by Gasteiger charge is -2.47. The van der Waals surface area contributed by atoms with Crippen molar-refractivity contribution in [2.45, 2.75) is 71.3 Å². The fraction of sp³-hybridized carbons (Fsp3) is 0.571. The largest absolute Gasteiger partial charge is 0.487 e. The van der Waals surface area contributed by atoms with E-state index in [1.165, 1.54) is 11.1 Å². The normalized spacial score (nSPS) is 24.4. The number of carboxylic acid groups (broad SMARTS) is 1. The van der Waals surface area contributed by atoms with Gasteiger partial charge < -0.3 is 9.84 Å². The van der Waals surface area contributed by atoms with Gasteiger partial charge in [0.2, 0.25) is 0 Å². The summed E-state index contributed by atoms with van der Waals surface area (Å²) in [5.74, 6) is 0.791. The summed E-state index contributed by atoms with van der Waals surface area (Å²) < 4.78 is 6.41. The van der Waals surface area contributed by atoms with Crippen LogP contribution in [0.4, 0.5) is 0 Å². The van der Waals surface area contributed by atoms with Gasteiger partial charge in [0, 0.05) is 17.4 Å². The Balaban J connectivity index is 2.18. The molecule has 0 radical (unpaired) electrons. The van der Waals surface area contributed by atoms with Gasteiger partial charge in [-0.15, -0.1) is 0 Å². The lowest BCUT2D eigenvalue weighted by Crippen LogP contribution is -2.45. The molecule has 0 amide bonds. The molecule has 0 fully saturated rings. The van der Waals surface area contributed by atoms with Crippen LogP contribution in [0.1, 0.15) is 69.6 Å². The Morgan fingerprint density at radius 3 is 2.79 bits per heavy atom. The van der Waals surface area contributed by atoms with E-state index in [2.05, 4.69) is 45.9 Å². The number of aliphatic carboxylic acids is 1. The van der Waals surface area contributed by atoms with E-state index in [4.69, 9.17) is 4.74 Å². The van der Waals surface area contributed by atoms with Crippen molar-refractivity contribution in [3.63, 3.8) is 0 Å². The summed E-state index contributed by atoms with van der Waals surface area (Å²) in [7, 11) is 0. The van der Waals surface area contributed by atoms with Gasteiger partial charge >= 0.3 is 5.97 Å². The van der Waals surface area contributed by atoms with Crippen LogP contribution in [-0.4, -0.2) is 16.7 Å². The zero-order valence-corrected chi connectivity index (χ0v) is 15.2. The smallest absolute Gasteiger partial charge is 0.307 e. The summed E-state index contributed by atoms with van der Waals surface area (Å²) >= 11 is 0. The van der Waals surface area contributed by atoms with E-state index in [0.717, 1.165) is 42.6 Å². The first-order chi connectivity index (χ1) is 11.3. The molecule has 0 spiro atoms. The average molecular weight is 328 g/mol. The van der Waals surface area contributed by atoms with Crippen LogP contribution < -0.4 is 4.74 Å². The Morgan fingerprint density at radius 2 is 2.12 bits per heavy atom. The molecule has 1 aromatic rings. The average Bonchev–Trinajstić information content (AvgIpc) is 2.45. The van der Waals surface area contributed by atoms with Crippen LogP contribution in [0.15, 0.2) is 23.8 Å². The van der Waals surface area contributed by atoms with Crippen molar-refractivity contribution in [2.75, 3.05) is 0 Å². The summed E-state index contributed by atoms with van der Waals surface area (Å²) in [5, 5.41) is 9.38. The second kappa shape index (κ2) is 6.27. The first-order valence-corrected chi connectivity index (χ1v) is 9.05. The maximum Gasteiger partial charge on any atom is 0.307 e. The predicted octanol–water partition coefficient (Wildman–Crippen LogP) is 4.88. The van der Waals surface area contributed by atoms with E-state index in [9.17, 15) is 9.90 Å². The quantitative estimate of drug-likeness (QED) is 0.802. The fourth-order valence-electron chi connectivity index (χ4n) is 4.44. The lowest BCUT2D eigenvalue weighted by atomic mass is 9.67.